The maximum absolute atomic E-state index is 13.2. The predicted molar refractivity (Wildman–Crippen MR) is 129 cm³/mol. The van der Waals surface area contributed by atoms with E-state index in [2.05, 4.69) is 6.92 Å². The number of fused-ring (bicyclic) bond motifs is 3. The third-order valence-electron chi connectivity index (χ3n) is 5.85. The van der Waals surface area contributed by atoms with Gasteiger partial charge in [-0.05, 0) is 29.8 Å². The van der Waals surface area contributed by atoms with Gasteiger partial charge in [-0.2, -0.15) is 0 Å². The second kappa shape index (κ2) is 9.62. The van der Waals surface area contributed by atoms with Crippen molar-refractivity contribution in [2.75, 3.05) is 28.4 Å². The normalized spacial score (nSPS) is 14.6. The Morgan fingerprint density at radius 3 is 2.12 bits per heavy atom. The molecule has 1 unspecified atom stereocenters. The van der Waals surface area contributed by atoms with E-state index in [0.717, 1.165) is 16.8 Å². The van der Waals surface area contributed by atoms with E-state index in [9.17, 15) is 4.79 Å². The van der Waals surface area contributed by atoms with E-state index in [1.165, 1.54) is 0 Å². The van der Waals surface area contributed by atoms with Crippen LogP contribution in [0.3, 0.4) is 0 Å². The fourth-order valence-electron chi connectivity index (χ4n) is 4.11. The summed E-state index contributed by atoms with van der Waals surface area (Å²) in [6.07, 6.45) is 0. The van der Waals surface area contributed by atoms with Gasteiger partial charge in [-0.3, -0.25) is 9.13 Å². The molecule has 1 aliphatic heterocycles. The first-order valence-electron chi connectivity index (χ1n) is 10.3. The second-order valence-corrected chi connectivity index (χ2v) is 7.69. The second-order valence-electron chi connectivity index (χ2n) is 7.69. The Hall–Kier alpha value is -3.39. The van der Waals surface area contributed by atoms with Gasteiger partial charge >= 0.3 is 5.69 Å². The van der Waals surface area contributed by atoms with Crippen LogP contribution in [-0.4, -0.2) is 37.6 Å². The van der Waals surface area contributed by atoms with Gasteiger partial charge in [0, 0.05) is 37.2 Å². The third kappa shape index (κ3) is 4.18. The van der Waals surface area contributed by atoms with Crippen molar-refractivity contribution in [2.45, 2.75) is 19.4 Å². The van der Waals surface area contributed by atoms with Gasteiger partial charge in [0.1, 0.15) is 5.49 Å². The lowest BCUT2D eigenvalue weighted by Gasteiger charge is -2.28. The molecule has 0 N–H and O–H groups in total. The average molecular weight is 474 g/mol. The minimum Gasteiger partial charge on any atom is -0.493 e. The summed E-state index contributed by atoms with van der Waals surface area (Å²) >= 11 is 0. The van der Waals surface area contributed by atoms with Gasteiger partial charge < -0.3 is 18.9 Å². The number of nitrogens with zero attached hydrogens (tertiary/aromatic N) is 3. The monoisotopic (exact) mass is 473 g/mol. The van der Waals surface area contributed by atoms with Gasteiger partial charge in [0.15, 0.2) is 23.0 Å². The lowest BCUT2D eigenvalue weighted by molar-refractivity contribution is 0.354. The van der Waals surface area contributed by atoms with Gasteiger partial charge in [0.2, 0.25) is 0 Å². The first-order valence-corrected chi connectivity index (χ1v) is 10.3. The standard InChI is InChI=1S/C24H27N3O5.ClH/c1-14-13-27-18(17-11-22(32-6)21(31-5)10-16(14)17)12-23(26(2)24(27)28)25-15-7-8-19(29-3)20(9-15)30-4;/h7-12,14H,13H2,1-6H3;1H. The molecule has 0 fully saturated rings. The van der Waals surface area contributed by atoms with Gasteiger partial charge in [0.05, 0.1) is 39.8 Å². The summed E-state index contributed by atoms with van der Waals surface area (Å²) in [6.45, 7) is 2.67. The summed E-state index contributed by atoms with van der Waals surface area (Å²) in [5, 5.41) is 0. The summed E-state index contributed by atoms with van der Waals surface area (Å²) in [4.78, 5) is 18.0. The quantitative estimate of drug-likeness (QED) is 0.565. The Kier molecular flexibility index (Phi) is 7.07. The zero-order chi connectivity index (χ0) is 23.0. The van der Waals surface area contributed by atoms with Crippen LogP contribution >= 0.6 is 12.4 Å². The molecular weight excluding hydrogens is 446 g/mol. The molecule has 8 nitrogen and oxygen atoms in total. The SMILES string of the molecule is COc1ccc(N=c2cc3n(c(=O)n2C)CC(C)c2cc(OC)c(OC)cc2-3)cc1OC.Cl. The molecule has 9 heteroatoms. The Morgan fingerprint density at radius 1 is 0.879 bits per heavy atom. The molecule has 1 atom stereocenters. The molecule has 33 heavy (non-hydrogen) atoms. The number of benzene rings is 2. The first-order chi connectivity index (χ1) is 15.4. The van der Waals surface area contributed by atoms with E-state index in [1.807, 2.05) is 24.3 Å². The Labute approximate surface area is 198 Å². The maximum Gasteiger partial charge on any atom is 0.329 e. The molecule has 3 aromatic rings. The Morgan fingerprint density at radius 2 is 1.48 bits per heavy atom. The fourth-order valence-corrected chi connectivity index (χ4v) is 4.11. The van der Waals surface area contributed by atoms with Crippen molar-refractivity contribution in [1.82, 2.24) is 9.13 Å². The van der Waals surface area contributed by atoms with E-state index in [1.54, 1.807) is 56.8 Å². The van der Waals surface area contributed by atoms with Gasteiger partial charge in [-0.15, -0.1) is 12.4 Å². The van der Waals surface area contributed by atoms with Crippen molar-refractivity contribution >= 4 is 18.1 Å². The topological polar surface area (TPSA) is 76.2 Å². The van der Waals surface area contributed by atoms with E-state index in [0.29, 0.717) is 40.7 Å². The molecule has 0 radical (unpaired) electrons. The van der Waals surface area contributed by atoms with Crippen LogP contribution < -0.4 is 30.1 Å². The summed E-state index contributed by atoms with van der Waals surface area (Å²) in [6, 6.07) is 11.2. The van der Waals surface area contributed by atoms with Crippen molar-refractivity contribution in [3.8, 4) is 34.3 Å². The van der Waals surface area contributed by atoms with Crippen LogP contribution in [0.15, 0.2) is 46.2 Å². The van der Waals surface area contributed by atoms with Crippen molar-refractivity contribution in [2.24, 2.45) is 12.0 Å². The average Bonchev–Trinajstić information content (AvgIpc) is 2.82. The van der Waals surface area contributed by atoms with Crippen LogP contribution in [0.4, 0.5) is 5.69 Å². The van der Waals surface area contributed by atoms with Gasteiger partial charge in [0.25, 0.3) is 0 Å². The molecule has 0 amide bonds. The summed E-state index contributed by atoms with van der Waals surface area (Å²) in [5.41, 5.74) is 3.88. The Balaban J connectivity index is 0.00000306. The molecule has 0 spiro atoms. The van der Waals surface area contributed by atoms with E-state index in [-0.39, 0.29) is 24.0 Å². The number of rotatable bonds is 5. The van der Waals surface area contributed by atoms with Crippen molar-refractivity contribution in [3.05, 3.63) is 57.9 Å². The van der Waals surface area contributed by atoms with Crippen LogP contribution in [0.1, 0.15) is 18.4 Å². The predicted octanol–water partition coefficient (Wildman–Crippen LogP) is 3.66. The molecule has 0 saturated heterocycles. The number of methoxy groups -OCH3 is 4. The molecule has 4 rings (SSSR count). The molecule has 0 saturated carbocycles. The lowest BCUT2D eigenvalue weighted by atomic mass is 9.89. The number of aromatic nitrogens is 2. The number of ether oxygens (including phenoxy) is 4. The maximum atomic E-state index is 13.2. The van der Waals surface area contributed by atoms with Crippen molar-refractivity contribution < 1.29 is 18.9 Å². The zero-order valence-electron chi connectivity index (χ0n) is 19.5. The molecule has 2 heterocycles. The highest BCUT2D eigenvalue weighted by molar-refractivity contribution is 5.85. The lowest BCUT2D eigenvalue weighted by Crippen LogP contribution is -2.41. The van der Waals surface area contributed by atoms with Crippen LogP contribution in [0.2, 0.25) is 0 Å². The minimum absolute atomic E-state index is 0. The minimum atomic E-state index is -0.131. The van der Waals surface area contributed by atoms with E-state index >= 15 is 0 Å². The van der Waals surface area contributed by atoms with E-state index in [4.69, 9.17) is 23.9 Å². The molecule has 1 aliphatic rings. The highest BCUT2D eigenvalue weighted by atomic mass is 35.5. The highest BCUT2D eigenvalue weighted by Crippen LogP contribution is 2.41. The number of hydrogen-bond acceptors (Lipinski definition) is 6. The fraction of sp³-hybridized carbons (Fsp3) is 0.333. The van der Waals surface area contributed by atoms with Crippen molar-refractivity contribution in [1.29, 1.82) is 0 Å². The largest absolute Gasteiger partial charge is 0.493 e. The summed E-state index contributed by atoms with van der Waals surface area (Å²) in [5.74, 6) is 2.62. The van der Waals surface area contributed by atoms with E-state index < -0.39 is 0 Å². The molecule has 0 bridgehead atoms. The van der Waals surface area contributed by atoms with Gasteiger partial charge in [-0.25, -0.2) is 9.79 Å². The summed E-state index contributed by atoms with van der Waals surface area (Å²) < 4.78 is 25.0. The molecule has 2 aromatic carbocycles. The highest BCUT2D eigenvalue weighted by Gasteiger charge is 2.26. The number of halogens is 1. The third-order valence-corrected chi connectivity index (χ3v) is 5.85. The van der Waals surface area contributed by atoms with Gasteiger partial charge in [-0.1, -0.05) is 6.92 Å². The molecular formula is C24H28ClN3O5. The molecule has 0 aliphatic carbocycles. The Bertz CT molecular complexity index is 1310. The first kappa shape index (κ1) is 24.3. The van der Waals surface area contributed by atoms with Crippen molar-refractivity contribution in [3.63, 3.8) is 0 Å². The zero-order valence-corrected chi connectivity index (χ0v) is 20.4. The molecule has 1 aromatic heterocycles. The molecule has 176 valence electrons. The smallest absolute Gasteiger partial charge is 0.329 e. The summed E-state index contributed by atoms with van der Waals surface area (Å²) in [7, 11) is 8.11. The van der Waals surface area contributed by atoms with Crippen LogP contribution in [-0.2, 0) is 13.6 Å². The van der Waals surface area contributed by atoms with Crippen LogP contribution in [0.5, 0.6) is 23.0 Å². The number of hydrogen-bond donors (Lipinski definition) is 0. The van der Waals surface area contributed by atoms with Crippen LogP contribution in [0, 0.1) is 0 Å². The van der Waals surface area contributed by atoms with Crippen LogP contribution in [0.25, 0.3) is 11.3 Å².